The van der Waals surface area contributed by atoms with Gasteiger partial charge in [-0.15, -0.1) is 0 Å². The van der Waals surface area contributed by atoms with Crippen LogP contribution < -0.4 is 5.32 Å². The minimum atomic E-state index is -4.54. The molecule has 1 aliphatic carbocycles. The van der Waals surface area contributed by atoms with E-state index >= 15 is 0 Å². The number of alkyl halides is 3. The topological polar surface area (TPSA) is 95.5 Å². The van der Waals surface area contributed by atoms with Gasteiger partial charge in [0.25, 0.3) is 0 Å². The number of nitrogens with zero attached hydrogens (tertiary/aromatic N) is 7. The van der Waals surface area contributed by atoms with Crippen molar-refractivity contribution in [3.63, 3.8) is 0 Å². The highest BCUT2D eigenvalue weighted by atomic mass is 19.4. The third kappa shape index (κ3) is 4.35. The number of fused-ring (bicyclic) bond motifs is 1. The number of hydrogen-bond donors (Lipinski definition) is 1. The van der Waals surface area contributed by atoms with Crippen LogP contribution in [-0.4, -0.2) is 40.2 Å². The lowest BCUT2D eigenvalue weighted by Gasteiger charge is -2.11. The smallest absolute Gasteiger partial charge is 0.321 e. The van der Waals surface area contributed by atoms with Crippen molar-refractivity contribution in [1.82, 2.24) is 34.3 Å². The second-order valence-corrected chi connectivity index (χ2v) is 9.47. The van der Waals surface area contributed by atoms with Gasteiger partial charge < -0.3 is 5.32 Å². The van der Waals surface area contributed by atoms with Gasteiger partial charge in [0.2, 0.25) is 5.91 Å². The van der Waals surface area contributed by atoms with Gasteiger partial charge in [-0.2, -0.15) is 28.5 Å². The van der Waals surface area contributed by atoms with Crippen LogP contribution in [0.5, 0.6) is 0 Å². The Hall–Kier alpha value is -3.70. The molecule has 1 amide bonds. The van der Waals surface area contributed by atoms with Crippen LogP contribution in [0.25, 0.3) is 11.0 Å². The number of halogens is 3. The van der Waals surface area contributed by atoms with Crippen LogP contribution in [0.4, 0.5) is 18.9 Å². The van der Waals surface area contributed by atoms with Gasteiger partial charge in [0.1, 0.15) is 13.2 Å². The zero-order valence-corrected chi connectivity index (χ0v) is 20.7. The first-order chi connectivity index (χ1) is 16.9. The molecule has 0 radical (unpaired) electrons. The molecule has 1 fully saturated rings. The average Bonchev–Trinajstić information content (AvgIpc) is 3.47. The Kier molecular flexibility index (Phi) is 5.64. The van der Waals surface area contributed by atoms with Gasteiger partial charge in [-0.05, 0) is 59.6 Å². The summed E-state index contributed by atoms with van der Waals surface area (Å²) in [6.45, 7) is 9.11. The van der Waals surface area contributed by atoms with E-state index in [2.05, 4.69) is 25.6 Å². The van der Waals surface area contributed by atoms with Gasteiger partial charge in [-0.25, -0.2) is 19.0 Å². The number of aromatic nitrogens is 7. The summed E-state index contributed by atoms with van der Waals surface area (Å²) in [7, 11) is 0. The maximum atomic E-state index is 13.8. The van der Waals surface area contributed by atoms with Crippen LogP contribution in [-0.2, 0) is 24.2 Å². The van der Waals surface area contributed by atoms with Crippen LogP contribution in [0.2, 0.25) is 0 Å². The highest BCUT2D eigenvalue weighted by Crippen LogP contribution is 2.43. The predicted molar refractivity (Wildman–Crippen MR) is 127 cm³/mol. The molecule has 0 unspecified atom stereocenters. The van der Waals surface area contributed by atoms with E-state index in [9.17, 15) is 18.0 Å². The van der Waals surface area contributed by atoms with Crippen molar-refractivity contribution in [2.75, 3.05) is 5.32 Å². The minimum Gasteiger partial charge on any atom is -0.321 e. The Balaban J connectivity index is 1.42. The molecule has 5 rings (SSSR count). The summed E-state index contributed by atoms with van der Waals surface area (Å²) in [5.41, 5.74) is 3.71. The molecule has 0 aromatic carbocycles. The molecule has 0 aliphatic heterocycles. The molecule has 36 heavy (non-hydrogen) atoms. The lowest BCUT2D eigenvalue weighted by atomic mass is 10.1. The van der Waals surface area contributed by atoms with Crippen molar-refractivity contribution >= 4 is 22.6 Å². The fourth-order valence-electron chi connectivity index (χ4n) is 4.57. The first kappa shape index (κ1) is 24.0. The second-order valence-electron chi connectivity index (χ2n) is 9.47. The van der Waals surface area contributed by atoms with Gasteiger partial charge in [0.15, 0.2) is 5.65 Å². The van der Waals surface area contributed by atoms with Crippen LogP contribution >= 0.6 is 0 Å². The largest absolute Gasteiger partial charge is 0.417 e. The average molecular weight is 501 g/mol. The Morgan fingerprint density at radius 3 is 2.31 bits per heavy atom. The number of anilines is 1. The summed E-state index contributed by atoms with van der Waals surface area (Å²) >= 11 is 0. The van der Waals surface area contributed by atoms with Gasteiger partial charge >= 0.3 is 6.18 Å². The van der Waals surface area contributed by atoms with E-state index in [1.54, 1.807) is 11.6 Å². The molecule has 1 N–H and O–H groups in total. The maximum Gasteiger partial charge on any atom is 0.417 e. The quantitative estimate of drug-likeness (QED) is 0.423. The molecule has 4 heterocycles. The number of aryl methyl sites for hydroxylation is 4. The third-order valence-electron chi connectivity index (χ3n) is 6.51. The molecular weight excluding hydrogens is 473 g/mol. The third-order valence-corrected chi connectivity index (χ3v) is 6.51. The van der Waals surface area contributed by atoms with Crippen molar-refractivity contribution in [3.8, 4) is 0 Å². The molecule has 9 nitrogen and oxygen atoms in total. The zero-order chi connectivity index (χ0) is 25.9. The lowest BCUT2D eigenvalue weighted by molar-refractivity contribution is -0.136. The van der Waals surface area contributed by atoms with Gasteiger partial charge in [0.05, 0.1) is 39.4 Å². The number of carbonyl (C=O) groups excluding carboxylic acids is 1. The number of carbonyl (C=O) groups is 1. The number of pyridine rings is 1. The fraction of sp³-hybridized carbons (Fsp3) is 0.458. The summed E-state index contributed by atoms with van der Waals surface area (Å²) in [6, 6.07) is 3.10. The predicted octanol–water partition coefficient (Wildman–Crippen LogP) is 4.41. The number of hydrogen-bond acceptors (Lipinski definition) is 5. The monoisotopic (exact) mass is 500 g/mol. The Labute approximate surface area is 205 Å². The minimum absolute atomic E-state index is 0.0198. The summed E-state index contributed by atoms with van der Waals surface area (Å²) in [5, 5.41) is 16.0. The summed E-state index contributed by atoms with van der Waals surface area (Å²) in [5.74, 6) is -0.408. The van der Waals surface area contributed by atoms with E-state index < -0.39 is 17.6 Å². The maximum absolute atomic E-state index is 13.8. The number of amides is 1. The Bertz CT molecular complexity index is 1490. The van der Waals surface area contributed by atoms with Crippen molar-refractivity contribution in [1.29, 1.82) is 0 Å². The molecule has 190 valence electrons. The van der Waals surface area contributed by atoms with E-state index in [-0.39, 0.29) is 29.2 Å². The van der Waals surface area contributed by atoms with Crippen LogP contribution in [0.1, 0.15) is 58.5 Å². The molecule has 1 aliphatic rings. The molecule has 1 saturated carbocycles. The fourth-order valence-corrected chi connectivity index (χ4v) is 4.57. The molecule has 12 heteroatoms. The van der Waals surface area contributed by atoms with Crippen LogP contribution in [0, 0.1) is 34.6 Å². The molecule has 0 atom stereocenters. The molecule has 0 bridgehead atoms. The van der Waals surface area contributed by atoms with Crippen molar-refractivity contribution in [3.05, 3.63) is 51.9 Å². The second kappa shape index (κ2) is 8.45. The van der Waals surface area contributed by atoms with Crippen LogP contribution in [0.3, 0.4) is 0 Å². The van der Waals surface area contributed by atoms with Gasteiger partial charge in [-0.1, -0.05) is 0 Å². The van der Waals surface area contributed by atoms with Gasteiger partial charge in [-0.3, -0.25) is 4.79 Å². The highest BCUT2D eigenvalue weighted by molar-refractivity contribution is 5.93. The van der Waals surface area contributed by atoms with E-state index in [1.165, 1.54) is 11.6 Å². The SMILES string of the molecule is Cc1cc(C)n(Cn2nc(C)c(NC(=O)Cn3nc(C)c4c(C(F)(F)F)cc(C5CC5)nc43)c2C)n1. The van der Waals surface area contributed by atoms with Crippen molar-refractivity contribution < 1.29 is 18.0 Å². The van der Waals surface area contributed by atoms with Gasteiger partial charge in [0, 0.05) is 17.3 Å². The number of nitrogens with one attached hydrogen (secondary N) is 1. The normalized spacial score (nSPS) is 14.1. The summed E-state index contributed by atoms with van der Waals surface area (Å²) < 4.78 is 46.3. The Morgan fingerprint density at radius 2 is 1.69 bits per heavy atom. The molecule has 0 saturated heterocycles. The zero-order valence-electron chi connectivity index (χ0n) is 20.7. The lowest BCUT2D eigenvalue weighted by Crippen LogP contribution is -2.21. The summed E-state index contributed by atoms with van der Waals surface area (Å²) in [4.78, 5) is 17.5. The standard InChI is InChI=1S/C24H27F3N8O/c1-12-8-13(2)34(30-12)11-35-16(5)22(15(4)32-35)29-20(36)10-33-23-21(14(3)31-33)18(24(25,26)27)9-19(28-23)17-6-7-17/h8-9,17H,6-7,10-11H2,1-5H3,(H,29,36). The van der Waals surface area contributed by atoms with Crippen LogP contribution in [0.15, 0.2) is 12.1 Å². The highest BCUT2D eigenvalue weighted by Gasteiger charge is 2.37. The molecule has 4 aromatic heterocycles. The van der Waals surface area contributed by atoms with E-state index in [1.807, 2.05) is 31.5 Å². The van der Waals surface area contributed by atoms with E-state index in [0.29, 0.717) is 23.7 Å². The van der Waals surface area contributed by atoms with E-state index in [4.69, 9.17) is 0 Å². The first-order valence-electron chi connectivity index (χ1n) is 11.7. The van der Waals surface area contributed by atoms with E-state index in [0.717, 1.165) is 36.0 Å². The van der Waals surface area contributed by atoms with Crippen molar-refractivity contribution in [2.45, 2.75) is 72.8 Å². The molecule has 4 aromatic rings. The Morgan fingerprint density at radius 1 is 1.00 bits per heavy atom. The molecular formula is C24H27F3N8O. The number of rotatable bonds is 6. The van der Waals surface area contributed by atoms with Crippen molar-refractivity contribution in [2.24, 2.45) is 0 Å². The first-order valence-corrected chi connectivity index (χ1v) is 11.7. The summed E-state index contributed by atoms with van der Waals surface area (Å²) in [6.07, 6.45) is -2.92. The molecule has 0 spiro atoms.